The molecule has 5 rings (SSSR count). The normalized spacial score (nSPS) is 12.5. The van der Waals surface area contributed by atoms with Crippen molar-refractivity contribution in [2.45, 2.75) is 20.0 Å². The summed E-state index contributed by atoms with van der Waals surface area (Å²) in [5, 5.41) is 2.72. The zero-order valence-corrected chi connectivity index (χ0v) is 21.1. The number of benzene rings is 3. The van der Waals surface area contributed by atoms with Gasteiger partial charge in [0.1, 0.15) is 23.1 Å². The Morgan fingerprint density at radius 3 is 2.62 bits per heavy atom. The largest absolute Gasteiger partial charge is 0.485 e. The highest BCUT2D eigenvalue weighted by atomic mass is 19.1. The molecular weight excluding hydrogens is 503 g/mol. The van der Waals surface area contributed by atoms with Gasteiger partial charge in [-0.1, -0.05) is 30.3 Å². The van der Waals surface area contributed by atoms with Crippen molar-refractivity contribution in [1.82, 2.24) is 5.32 Å². The molecule has 0 unspecified atom stereocenters. The summed E-state index contributed by atoms with van der Waals surface area (Å²) in [4.78, 5) is 39.6. The van der Waals surface area contributed by atoms with Crippen molar-refractivity contribution in [2.75, 3.05) is 18.1 Å². The lowest BCUT2D eigenvalue weighted by molar-refractivity contribution is -0.121. The minimum Gasteiger partial charge on any atom is -0.485 e. The molecule has 39 heavy (non-hydrogen) atoms. The molecule has 1 N–H and O–H groups in total. The molecule has 9 heteroatoms. The van der Waals surface area contributed by atoms with Gasteiger partial charge in [0.15, 0.2) is 24.8 Å². The van der Waals surface area contributed by atoms with E-state index in [4.69, 9.17) is 13.9 Å². The highest BCUT2D eigenvalue weighted by Gasteiger charge is 2.28. The maximum atomic E-state index is 13.1. The summed E-state index contributed by atoms with van der Waals surface area (Å²) in [6.45, 7) is 1.82. The van der Waals surface area contributed by atoms with Gasteiger partial charge in [0, 0.05) is 12.1 Å². The molecule has 4 aromatic rings. The molecule has 8 nitrogen and oxygen atoms in total. The van der Waals surface area contributed by atoms with E-state index in [-0.39, 0.29) is 49.6 Å². The van der Waals surface area contributed by atoms with Crippen LogP contribution in [0.2, 0.25) is 0 Å². The number of anilines is 1. The number of fused-ring (bicyclic) bond motifs is 1. The first-order valence-corrected chi connectivity index (χ1v) is 12.3. The molecule has 2 heterocycles. The molecule has 1 aromatic heterocycles. The number of halogens is 1. The fraction of sp³-hybridized carbons (Fsp3) is 0.167. The highest BCUT2D eigenvalue weighted by molar-refractivity contribution is 6.02. The average molecular weight is 529 g/mol. The van der Waals surface area contributed by atoms with Crippen molar-refractivity contribution in [2.24, 2.45) is 0 Å². The number of furan rings is 1. The summed E-state index contributed by atoms with van der Waals surface area (Å²) in [5.74, 6) is 0.161. The molecule has 0 bridgehead atoms. The van der Waals surface area contributed by atoms with Gasteiger partial charge in [-0.15, -0.1) is 0 Å². The van der Waals surface area contributed by atoms with Crippen LogP contribution in [0.3, 0.4) is 0 Å². The van der Waals surface area contributed by atoms with Crippen molar-refractivity contribution in [3.8, 4) is 11.5 Å². The highest BCUT2D eigenvalue weighted by Crippen LogP contribution is 2.34. The second kappa shape index (κ2) is 11.2. The lowest BCUT2D eigenvalue weighted by Gasteiger charge is -2.29. The summed E-state index contributed by atoms with van der Waals surface area (Å²) < 4.78 is 30.0. The molecule has 0 saturated carbocycles. The predicted octanol–water partition coefficient (Wildman–Crippen LogP) is 4.84. The number of ketones is 1. The second-order valence-corrected chi connectivity index (χ2v) is 9.00. The van der Waals surface area contributed by atoms with Gasteiger partial charge in [0.25, 0.3) is 11.8 Å². The van der Waals surface area contributed by atoms with Crippen molar-refractivity contribution < 1.29 is 32.7 Å². The van der Waals surface area contributed by atoms with E-state index in [1.54, 1.807) is 42.5 Å². The monoisotopic (exact) mass is 528 g/mol. The van der Waals surface area contributed by atoms with Crippen LogP contribution in [0.15, 0.2) is 83.3 Å². The maximum absolute atomic E-state index is 13.1. The zero-order valence-electron chi connectivity index (χ0n) is 21.1. The second-order valence-electron chi connectivity index (χ2n) is 9.00. The topological polar surface area (TPSA) is 98.1 Å². The van der Waals surface area contributed by atoms with Gasteiger partial charge < -0.3 is 19.2 Å². The van der Waals surface area contributed by atoms with Crippen molar-refractivity contribution in [1.29, 1.82) is 0 Å². The first kappa shape index (κ1) is 25.7. The molecule has 198 valence electrons. The van der Waals surface area contributed by atoms with Crippen LogP contribution in [0, 0.1) is 12.7 Å². The van der Waals surface area contributed by atoms with Crippen LogP contribution < -0.4 is 19.7 Å². The van der Waals surface area contributed by atoms with Gasteiger partial charge in [0.05, 0.1) is 12.2 Å². The Kier molecular flexibility index (Phi) is 7.40. The third-order valence-corrected chi connectivity index (χ3v) is 6.24. The van der Waals surface area contributed by atoms with Gasteiger partial charge in [0.2, 0.25) is 0 Å². The summed E-state index contributed by atoms with van der Waals surface area (Å²) >= 11 is 0. The van der Waals surface area contributed by atoms with Crippen LogP contribution in [0.1, 0.15) is 37.8 Å². The molecule has 3 aromatic carbocycles. The molecule has 2 amide bonds. The standard InChI is InChI=1S/C30H25FN2O6/c1-19-4-2-3-5-26(19)37-17-25(34)21-8-12-27-24(14-21)33(29(35)18-38-27)16-23-11-13-28(39-23)30(36)32-15-20-6-9-22(31)10-7-20/h2-14H,15-18H2,1H3,(H,32,36). The minimum atomic E-state index is -0.444. The first-order valence-electron chi connectivity index (χ1n) is 12.3. The number of rotatable bonds is 9. The number of aryl methyl sites for hydroxylation is 1. The van der Waals surface area contributed by atoms with Crippen LogP contribution >= 0.6 is 0 Å². The number of carbonyl (C=O) groups excluding carboxylic acids is 3. The molecule has 0 spiro atoms. The van der Waals surface area contributed by atoms with E-state index in [1.165, 1.54) is 23.1 Å². The number of hydrogen-bond donors (Lipinski definition) is 1. The van der Waals surface area contributed by atoms with Gasteiger partial charge in [-0.2, -0.15) is 0 Å². The SMILES string of the molecule is Cc1ccccc1OCC(=O)c1ccc2c(c1)N(Cc1ccc(C(=O)NCc3ccc(F)cc3)o1)C(=O)CO2. The summed E-state index contributed by atoms with van der Waals surface area (Å²) in [5.41, 5.74) is 2.45. The van der Waals surface area contributed by atoms with Crippen LogP contribution in [0.25, 0.3) is 0 Å². The van der Waals surface area contributed by atoms with Gasteiger partial charge >= 0.3 is 0 Å². The Hall–Kier alpha value is -4.92. The van der Waals surface area contributed by atoms with Crippen LogP contribution in [0.5, 0.6) is 11.5 Å². The van der Waals surface area contributed by atoms with Crippen LogP contribution in [-0.4, -0.2) is 30.8 Å². The zero-order chi connectivity index (χ0) is 27.4. The van der Waals surface area contributed by atoms with E-state index in [9.17, 15) is 18.8 Å². The Morgan fingerprint density at radius 1 is 1.03 bits per heavy atom. The van der Waals surface area contributed by atoms with Crippen molar-refractivity contribution >= 4 is 23.3 Å². The summed E-state index contributed by atoms with van der Waals surface area (Å²) in [6.07, 6.45) is 0. The lowest BCUT2D eigenvalue weighted by atomic mass is 10.1. The molecule has 1 aliphatic heterocycles. The van der Waals surface area contributed by atoms with E-state index in [0.29, 0.717) is 28.5 Å². The molecule has 1 aliphatic rings. The van der Waals surface area contributed by atoms with E-state index in [0.717, 1.165) is 11.1 Å². The predicted molar refractivity (Wildman–Crippen MR) is 140 cm³/mol. The molecule has 0 fully saturated rings. The van der Waals surface area contributed by atoms with Crippen LogP contribution in [-0.2, 0) is 17.9 Å². The van der Waals surface area contributed by atoms with E-state index >= 15 is 0 Å². The number of nitrogens with one attached hydrogen (secondary N) is 1. The third-order valence-electron chi connectivity index (χ3n) is 6.24. The number of amides is 2. The molecular formula is C30H25FN2O6. The molecule has 0 saturated heterocycles. The number of Topliss-reactive ketones (excluding diaryl/α,β-unsaturated/α-hetero) is 1. The van der Waals surface area contributed by atoms with Crippen molar-refractivity contribution in [3.05, 3.63) is 113 Å². The van der Waals surface area contributed by atoms with Crippen molar-refractivity contribution in [3.63, 3.8) is 0 Å². The van der Waals surface area contributed by atoms with E-state index in [2.05, 4.69) is 5.32 Å². The van der Waals surface area contributed by atoms with Gasteiger partial charge in [-0.3, -0.25) is 19.3 Å². The fourth-order valence-electron chi connectivity index (χ4n) is 4.11. The van der Waals surface area contributed by atoms with E-state index < -0.39 is 5.91 Å². The lowest BCUT2D eigenvalue weighted by Crippen LogP contribution is -2.38. The number of hydrogen-bond acceptors (Lipinski definition) is 6. The van der Waals surface area contributed by atoms with E-state index in [1.807, 2.05) is 25.1 Å². The maximum Gasteiger partial charge on any atom is 0.287 e. The summed E-state index contributed by atoms with van der Waals surface area (Å²) in [7, 11) is 0. The number of para-hydroxylation sites is 1. The first-order chi connectivity index (χ1) is 18.9. The Bertz CT molecular complexity index is 1530. The third kappa shape index (κ3) is 5.98. The Labute approximate surface area is 223 Å². The quantitative estimate of drug-likeness (QED) is 0.312. The minimum absolute atomic E-state index is 0.0395. The molecule has 0 atom stereocenters. The molecule has 0 aliphatic carbocycles. The number of ether oxygens (including phenoxy) is 2. The average Bonchev–Trinajstić information content (AvgIpc) is 3.42. The number of carbonyl (C=O) groups is 3. The fourth-order valence-corrected chi connectivity index (χ4v) is 4.11. The number of nitrogens with zero attached hydrogens (tertiary/aromatic N) is 1. The molecule has 0 radical (unpaired) electrons. The Balaban J connectivity index is 1.26. The van der Waals surface area contributed by atoms with Gasteiger partial charge in [-0.05, 0) is 66.6 Å². The van der Waals surface area contributed by atoms with Crippen LogP contribution in [0.4, 0.5) is 10.1 Å². The summed E-state index contributed by atoms with van der Waals surface area (Å²) in [6, 6.07) is 21.2. The van der Waals surface area contributed by atoms with Gasteiger partial charge in [-0.25, -0.2) is 4.39 Å². The smallest absolute Gasteiger partial charge is 0.287 e. The Morgan fingerprint density at radius 2 is 1.82 bits per heavy atom.